The summed E-state index contributed by atoms with van der Waals surface area (Å²) in [7, 11) is 0. The normalized spacial score (nSPS) is 10.3. The zero-order valence-corrected chi connectivity index (χ0v) is 15.3. The number of phenols is 1. The lowest BCUT2D eigenvalue weighted by Gasteiger charge is -2.07. The number of anilines is 3. The molecule has 0 atom stereocenters. The Morgan fingerprint density at radius 3 is 2.89 bits per heavy atom. The lowest BCUT2D eigenvalue weighted by atomic mass is 10.2. The SMILES string of the molecule is NCCC(=O)Nc1cccc(NCC#Cc2cc(O)c3nc(N)sc3c2)c1. The number of hydrogen-bond donors (Lipinski definition) is 5. The first-order valence-corrected chi connectivity index (χ1v) is 9.08. The van der Waals surface area contributed by atoms with Gasteiger partial charge in [0, 0.05) is 29.9 Å². The number of aromatic hydroxyl groups is 1. The standard InChI is InChI=1S/C19H19N5O2S/c20-7-6-17(26)23-14-5-1-4-13(11-14)22-8-2-3-12-9-15(25)18-16(10-12)27-19(21)24-18/h1,4-5,9-11,22,25H,6-8,20H2,(H2,21,24)(H,23,26). The number of amides is 1. The van der Waals surface area contributed by atoms with Crippen LogP contribution in [0, 0.1) is 11.8 Å². The van der Waals surface area contributed by atoms with Crippen LogP contribution in [-0.4, -0.2) is 29.1 Å². The van der Waals surface area contributed by atoms with Crippen LogP contribution >= 0.6 is 11.3 Å². The van der Waals surface area contributed by atoms with Crippen molar-refractivity contribution in [3.8, 4) is 17.6 Å². The van der Waals surface area contributed by atoms with Gasteiger partial charge in [-0.05, 0) is 30.3 Å². The van der Waals surface area contributed by atoms with E-state index in [0.717, 1.165) is 10.4 Å². The van der Waals surface area contributed by atoms with E-state index in [1.165, 1.54) is 11.3 Å². The highest BCUT2D eigenvalue weighted by atomic mass is 32.1. The molecule has 0 aliphatic rings. The molecule has 27 heavy (non-hydrogen) atoms. The number of phenolic OH excluding ortho intramolecular Hbond substituents is 1. The first-order chi connectivity index (χ1) is 13.0. The van der Waals surface area contributed by atoms with Gasteiger partial charge in [-0.2, -0.15) is 0 Å². The maximum Gasteiger partial charge on any atom is 0.225 e. The van der Waals surface area contributed by atoms with E-state index in [1.54, 1.807) is 6.07 Å². The molecule has 0 radical (unpaired) electrons. The predicted octanol–water partition coefficient (Wildman–Crippen LogP) is 2.33. The molecule has 0 aliphatic heterocycles. The number of rotatable bonds is 5. The Labute approximate surface area is 160 Å². The molecular weight excluding hydrogens is 362 g/mol. The second-order valence-corrected chi connectivity index (χ2v) is 6.78. The number of fused-ring (bicyclic) bond motifs is 1. The van der Waals surface area contributed by atoms with Crippen molar-refractivity contribution < 1.29 is 9.90 Å². The highest BCUT2D eigenvalue weighted by molar-refractivity contribution is 7.22. The Hall–Kier alpha value is -3.28. The van der Waals surface area contributed by atoms with Crippen LogP contribution in [0.3, 0.4) is 0 Å². The van der Waals surface area contributed by atoms with Gasteiger partial charge in [0.2, 0.25) is 5.91 Å². The highest BCUT2D eigenvalue weighted by Gasteiger charge is 2.07. The minimum Gasteiger partial charge on any atom is -0.506 e. The van der Waals surface area contributed by atoms with E-state index in [1.807, 2.05) is 30.3 Å². The summed E-state index contributed by atoms with van der Waals surface area (Å²) in [5, 5.41) is 16.4. The van der Waals surface area contributed by atoms with Gasteiger partial charge in [-0.25, -0.2) is 4.98 Å². The molecule has 138 valence electrons. The van der Waals surface area contributed by atoms with E-state index in [9.17, 15) is 9.90 Å². The zero-order valence-electron chi connectivity index (χ0n) is 14.5. The summed E-state index contributed by atoms with van der Waals surface area (Å²) in [6, 6.07) is 10.8. The third-order valence-corrected chi connectivity index (χ3v) is 4.45. The number of carbonyl (C=O) groups is 1. The molecular formula is C19H19N5O2S. The lowest BCUT2D eigenvalue weighted by molar-refractivity contribution is -0.116. The maximum absolute atomic E-state index is 11.6. The number of nitrogen functional groups attached to an aromatic ring is 1. The van der Waals surface area contributed by atoms with Crippen LogP contribution < -0.4 is 22.1 Å². The smallest absolute Gasteiger partial charge is 0.225 e. The van der Waals surface area contributed by atoms with Crippen LogP contribution in [0.15, 0.2) is 36.4 Å². The molecule has 0 bridgehead atoms. The molecule has 0 aliphatic carbocycles. The second kappa shape index (κ2) is 8.40. The summed E-state index contributed by atoms with van der Waals surface area (Å²) < 4.78 is 0.797. The number of nitrogens with two attached hydrogens (primary N) is 2. The molecule has 7 nitrogen and oxygen atoms in total. The van der Waals surface area contributed by atoms with Gasteiger partial charge >= 0.3 is 0 Å². The van der Waals surface area contributed by atoms with Crippen molar-refractivity contribution in [2.24, 2.45) is 5.73 Å². The Morgan fingerprint density at radius 1 is 1.26 bits per heavy atom. The number of nitrogens with one attached hydrogen (secondary N) is 2. The Balaban J connectivity index is 1.63. The van der Waals surface area contributed by atoms with Gasteiger partial charge in [0.05, 0.1) is 11.2 Å². The van der Waals surface area contributed by atoms with Gasteiger partial charge in [-0.1, -0.05) is 29.2 Å². The van der Waals surface area contributed by atoms with Crippen LogP contribution in [0.4, 0.5) is 16.5 Å². The van der Waals surface area contributed by atoms with Crippen molar-refractivity contribution in [2.75, 3.05) is 29.5 Å². The molecule has 0 saturated heterocycles. The summed E-state index contributed by atoms with van der Waals surface area (Å²) in [5.41, 5.74) is 13.8. The molecule has 1 heterocycles. The Bertz CT molecular complexity index is 1040. The molecule has 0 fully saturated rings. The van der Waals surface area contributed by atoms with E-state index < -0.39 is 0 Å². The van der Waals surface area contributed by atoms with E-state index in [0.29, 0.717) is 35.0 Å². The Morgan fingerprint density at radius 2 is 2.07 bits per heavy atom. The number of thiazole rings is 1. The fourth-order valence-corrected chi connectivity index (χ4v) is 3.25. The molecule has 0 saturated carbocycles. The van der Waals surface area contributed by atoms with Crippen molar-refractivity contribution in [3.63, 3.8) is 0 Å². The van der Waals surface area contributed by atoms with Crippen LogP contribution in [0.1, 0.15) is 12.0 Å². The maximum atomic E-state index is 11.6. The molecule has 1 amide bonds. The quantitative estimate of drug-likeness (QED) is 0.432. The monoisotopic (exact) mass is 381 g/mol. The van der Waals surface area contributed by atoms with Gasteiger partial charge in [0.1, 0.15) is 11.3 Å². The third kappa shape index (κ3) is 4.88. The number of hydrogen-bond acceptors (Lipinski definition) is 7. The van der Waals surface area contributed by atoms with E-state index in [-0.39, 0.29) is 18.1 Å². The van der Waals surface area contributed by atoms with E-state index >= 15 is 0 Å². The van der Waals surface area contributed by atoms with Gasteiger partial charge in [-0.15, -0.1) is 0 Å². The Kier molecular flexibility index (Phi) is 5.76. The van der Waals surface area contributed by atoms with Gasteiger partial charge in [-0.3, -0.25) is 4.79 Å². The average molecular weight is 381 g/mol. The summed E-state index contributed by atoms with van der Waals surface area (Å²) >= 11 is 1.31. The largest absolute Gasteiger partial charge is 0.506 e. The minimum atomic E-state index is -0.117. The predicted molar refractivity (Wildman–Crippen MR) is 110 cm³/mol. The molecule has 2 aromatic carbocycles. The van der Waals surface area contributed by atoms with Crippen LogP contribution in [0.25, 0.3) is 10.2 Å². The number of carbonyl (C=O) groups excluding carboxylic acids is 1. The van der Waals surface area contributed by atoms with E-state index in [4.69, 9.17) is 11.5 Å². The van der Waals surface area contributed by atoms with Gasteiger partial charge in [0.15, 0.2) is 5.13 Å². The van der Waals surface area contributed by atoms with Crippen LogP contribution in [0.2, 0.25) is 0 Å². The molecule has 3 aromatic rings. The van der Waals surface area contributed by atoms with Crippen LogP contribution in [0.5, 0.6) is 5.75 Å². The van der Waals surface area contributed by atoms with Crippen molar-refractivity contribution in [1.82, 2.24) is 4.98 Å². The molecule has 0 unspecified atom stereocenters. The number of nitrogens with zero attached hydrogens (tertiary/aromatic N) is 1. The molecule has 1 aromatic heterocycles. The van der Waals surface area contributed by atoms with Crippen molar-refractivity contribution in [3.05, 3.63) is 42.0 Å². The average Bonchev–Trinajstić information content (AvgIpc) is 3.00. The molecule has 7 N–H and O–H groups in total. The van der Waals surface area contributed by atoms with Crippen molar-refractivity contribution in [2.45, 2.75) is 6.42 Å². The molecule has 0 spiro atoms. The molecule has 3 rings (SSSR count). The lowest BCUT2D eigenvalue weighted by Crippen LogP contribution is -2.16. The summed E-state index contributed by atoms with van der Waals surface area (Å²) in [5.74, 6) is 5.96. The zero-order chi connectivity index (χ0) is 19.2. The first kappa shape index (κ1) is 18.5. The third-order valence-electron chi connectivity index (χ3n) is 3.62. The van der Waals surface area contributed by atoms with E-state index in [2.05, 4.69) is 27.5 Å². The minimum absolute atomic E-state index is 0.0682. The molecule has 8 heteroatoms. The van der Waals surface area contributed by atoms with Crippen molar-refractivity contribution >= 4 is 44.0 Å². The second-order valence-electron chi connectivity index (χ2n) is 5.72. The topological polar surface area (TPSA) is 126 Å². The highest BCUT2D eigenvalue weighted by Crippen LogP contribution is 2.31. The fourth-order valence-electron chi connectivity index (χ4n) is 2.46. The fraction of sp³-hybridized carbons (Fsp3) is 0.158. The summed E-state index contributed by atoms with van der Waals surface area (Å²) in [4.78, 5) is 15.7. The summed E-state index contributed by atoms with van der Waals surface area (Å²) in [6.07, 6.45) is 0.283. The number of aromatic nitrogens is 1. The summed E-state index contributed by atoms with van der Waals surface area (Å²) in [6.45, 7) is 0.721. The van der Waals surface area contributed by atoms with Gasteiger partial charge < -0.3 is 27.2 Å². The van der Waals surface area contributed by atoms with Gasteiger partial charge in [0.25, 0.3) is 0 Å². The first-order valence-electron chi connectivity index (χ1n) is 8.27. The number of benzene rings is 2. The van der Waals surface area contributed by atoms with Crippen LogP contribution in [-0.2, 0) is 4.79 Å². The van der Waals surface area contributed by atoms with Crippen molar-refractivity contribution in [1.29, 1.82) is 0 Å².